The van der Waals surface area contributed by atoms with E-state index in [1.165, 1.54) is 0 Å². The van der Waals surface area contributed by atoms with Crippen LogP contribution >= 0.6 is 0 Å². The lowest BCUT2D eigenvalue weighted by Gasteiger charge is -2.17. The lowest BCUT2D eigenvalue weighted by Crippen LogP contribution is -2.49. The van der Waals surface area contributed by atoms with Gasteiger partial charge in [0.25, 0.3) is 0 Å². The second-order valence-electron chi connectivity index (χ2n) is 10.3. The number of carbonyl (C=O) groups is 4. The number of hydrogen-bond donors (Lipinski definition) is 8. The Labute approximate surface area is 249 Å². The number of benzene rings is 1. The highest BCUT2D eigenvalue weighted by Gasteiger charge is 2.22. The fourth-order valence-corrected chi connectivity index (χ4v) is 4.16. The van der Waals surface area contributed by atoms with E-state index in [4.69, 9.17) is 22.9 Å². The summed E-state index contributed by atoms with van der Waals surface area (Å²) >= 11 is 0. The van der Waals surface area contributed by atoms with E-state index in [1.807, 2.05) is 30.3 Å². The number of hydrogen-bond acceptors (Lipinski definition) is 7. The van der Waals surface area contributed by atoms with Gasteiger partial charge in [0.1, 0.15) is 6.04 Å². The highest BCUT2D eigenvalue weighted by atomic mass is 16.2. The molecule has 0 bridgehead atoms. The Morgan fingerprint density at radius 2 is 1.29 bits per heavy atom. The number of amides is 4. The van der Waals surface area contributed by atoms with Crippen molar-refractivity contribution < 1.29 is 19.2 Å². The van der Waals surface area contributed by atoms with E-state index in [2.05, 4.69) is 26.3 Å². The van der Waals surface area contributed by atoms with E-state index < -0.39 is 23.9 Å². The van der Waals surface area contributed by atoms with Crippen molar-refractivity contribution in [3.05, 3.63) is 35.9 Å². The highest BCUT2D eigenvalue weighted by Crippen LogP contribution is 2.04. The summed E-state index contributed by atoms with van der Waals surface area (Å²) in [6.45, 7) is 3.30. The monoisotopic (exact) mass is 589 g/mol. The molecule has 0 aliphatic carbocycles. The number of unbranched alkanes of at least 4 members (excludes halogenated alkanes) is 6. The molecule has 2 atom stereocenters. The van der Waals surface area contributed by atoms with Gasteiger partial charge in [-0.2, -0.15) is 0 Å². The molecule has 13 nitrogen and oxygen atoms in total. The average Bonchev–Trinajstić information content (AvgIpc) is 2.94. The van der Waals surface area contributed by atoms with Gasteiger partial charge in [-0.25, -0.2) is 0 Å². The number of aliphatic imine (C=N–C) groups is 1. The molecular weight excluding hydrogens is 538 g/mol. The van der Waals surface area contributed by atoms with Crippen LogP contribution < -0.4 is 44.2 Å². The molecule has 1 aromatic rings. The van der Waals surface area contributed by atoms with Crippen molar-refractivity contribution in [2.45, 2.75) is 82.7 Å². The van der Waals surface area contributed by atoms with E-state index in [0.717, 1.165) is 70.0 Å². The molecule has 0 aliphatic rings. The minimum atomic E-state index is -0.977. The van der Waals surface area contributed by atoms with Crippen molar-refractivity contribution in [1.82, 2.24) is 21.3 Å². The van der Waals surface area contributed by atoms with Crippen LogP contribution in [0, 0.1) is 0 Å². The van der Waals surface area contributed by atoms with E-state index in [1.54, 1.807) is 0 Å². The molecule has 0 spiro atoms. The van der Waals surface area contributed by atoms with Crippen molar-refractivity contribution in [3.8, 4) is 0 Å². The first-order valence-corrected chi connectivity index (χ1v) is 14.9. The summed E-state index contributed by atoms with van der Waals surface area (Å²) in [6, 6.07) is 7.59. The second kappa shape index (κ2) is 22.9. The molecule has 0 unspecified atom stereocenters. The van der Waals surface area contributed by atoms with Crippen molar-refractivity contribution >= 4 is 29.6 Å². The van der Waals surface area contributed by atoms with Crippen LogP contribution in [0.2, 0.25) is 0 Å². The largest absolute Gasteiger partial charge is 0.370 e. The van der Waals surface area contributed by atoms with E-state index in [-0.39, 0.29) is 30.6 Å². The SMILES string of the molecule is NC(=O)C[C@H](NC(=O)Cc1ccccc1)C(=O)NCCCCCCCNCCCCCNC(=O)[C@@H](N)CCN=C(N)N. The van der Waals surface area contributed by atoms with Gasteiger partial charge in [0.2, 0.25) is 23.6 Å². The third-order valence-electron chi connectivity index (χ3n) is 6.49. The minimum absolute atomic E-state index is 0.00708. The van der Waals surface area contributed by atoms with Gasteiger partial charge >= 0.3 is 0 Å². The lowest BCUT2D eigenvalue weighted by atomic mass is 10.1. The third kappa shape index (κ3) is 19.4. The number of nitrogens with one attached hydrogen (secondary N) is 4. The summed E-state index contributed by atoms with van der Waals surface area (Å²) in [6.07, 6.45) is 8.26. The number of rotatable bonds is 24. The Bertz CT molecular complexity index is 956. The Balaban J connectivity index is 2.01. The van der Waals surface area contributed by atoms with Crippen molar-refractivity contribution in [1.29, 1.82) is 0 Å². The number of carbonyl (C=O) groups excluding carboxylic acids is 4. The molecule has 0 saturated carbocycles. The molecule has 1 rings (SSSR count). The molecule has 236 valence electrons. The van der Waals surface area contributed by atoms with Crippen LogP contribution in [0.1, 0.15) is 69.8 Å². The maximum absolute atomic E-state index is 12.5. The van der Waals surface area contributed by atoms with Crippen LogP contribution in [-0.4, -0.2) is 74.4 Å². The quantitative estimate of drug-likeness (QED) is 0.0444. The predicted octanol–water partition coefficient (Wildman–Crippen LogP) is -0.477. The van der Waals surface area contributed by atoms with Gasteiger partial charge in [0.15, 0.2) is 5.96 Å². The summed E-state index contributed by atoms with van der Waals surface area (Å²) in [5.74, 6) is -1.57. The zero-order valence-electron chi connectivity index (χ0n) is 24.7. The van der Waals surface area contributed by atoms with Gasteiger partial charge in [-0.3, -0.25) is 24.2 Å². The number of nitrogens with two attached hydrogens (primary N) is 4. The molecule has 13 heteroatoms. The second-order valence-corrected chi connectivity index (χ2v) is 10.3. The Morgan fingerprint density at radius 3 is 1.88 bits per heavy atom. The number of nitrogens with zero attached hydrogens (tertiary/aromatic N) is 1. The van der Waals surface area contributed by atoms with Crippen LogP contribution in [0.15, 0.2) is 35.3 Å². The molecule has 42 heavy (non-hydrogen) atoms. The number of primary amides is 1. The van der Waals surface area contributed by atoms with E-state index in [9.17, 15) is 19.2 Å². The summed E-state index contributed by atoms with van der Waals surface area (Å²) in [5.41, 5.74) is 22.4. The Hall–Kier alpha value is -3.71. The molecule has 0 radical (unpaired) electrons. The molecule has 0 saturated heterocycles. The molecule has 0 heterocycles. The van der Waals surface area contributed by atoms with Gasteiger partial charge in [-0.05, 0) is 50.8 Å². The fourth-order valence-electron chi connectivity index (χ4n) is 4.16. The highest BCUT2D eigenvalue weighted by molar-refractivity contribution is 5.92. The van der Waals surface area contributed by atoms with Crippen LogP contribution in [0.5, 0.6) is 0 Å². The van der Waals surface area contributed by atoms with Crippen LogP contribution in [0.3, 0.4) is 0 Å². The summed E-state index contributed by atoms with van der Waals surface area (Å²) in [5, 5.41) is 11.7. The van der Waals surface area contributed by atoms with E-state index >= 15 is 0 Å². The van der Waals surface area contributed by atoms with Crippen LogP contribution in [0.4, 0.5) is 0 Å². The lowest BCUT2D eigenvalue weighted by molar-refractivity contribution is -0.131. The molecule has 4 amide bonds. The molecule has 0 aliphatic heterocycles. The Kier molecular flexibility index (Phi) is 19.8. The van der Waals surface area contributed by atoms with Gasteiger partial charge in [-0.15, -0.1) is 0 Å². The van der Waals surface area contributed by atoms with Gasteiger partial charge in [0, 0.05) is 19.6 Å². The zero-order valence-corrected chi connectivity index (χ0v) is 24.7. The zero-order chi connectivity index (χ0) is 31.0. The predicted molar refractivity (Wildman–Crippen MR) is 165 cm³/mol. The topological polar surface area (TPSA) is 233 Å². The van der Waals surface area contributed by atoms with Gasteiger partial charge in [-0.1, -0.05) is 56.0 Å². The smallest absolute Gasteiger partial charge is 0.243 e. The van der Waals surface area contributed by atoms with Crippen molar-refractivity contribution in [2.24, 2.45) is 27.9 Å². The third-order valence-corrected chi connectivity index (χ3v) is 6.49. The fraction of sp³-hybridized carbons (Fsp3) is 0.621. The minimum Gasteiger partial charge on any atom is -0.370 e. The standard InChI is InChI=1S/C29H51N9O4/c30-23(14-19-37-29(32)33)27(41)35-17-11-5-9-16-34-15-8-2-1-3-10-18-36-28(42)24(21-25(31)39)38-26(40)20-22-12-6-4-7-13-22/h4,6-7,12-13,23-24,34H,1-3,5,8-11,14-21,30H2,(H2,31,39)(H,35,41)(H,36,42)(H,38,40)(H4,32,33,37)/t23-,24-/m0/s1. The summed E-state index contributed by atoms with van der Waals surface area (Å²) in [4.78, 5) is 52.0. The summed E-state index contributed by atoms with van der Waals surface area (Å²) < 4.78 is 0. The first-order valence-electron chi connectivity index (χ1n) is 14.9. The van der Waals surface area contributed by atoms with Gasteiger partial charge in [0.05, 0.1) is 18.9 Å². The molecule has 0 fully saturated rings. The first-order chi connectivity index (χ1) is 20.2. The summed E-state index contributed by atoms with van der Waals surface area (Å²) in [7, 11) is 0. The average molecular weight is 590 g/mol. The van der Waals surface area contributed by atoms with E-state index in [0.29, 0.717) is 26.1 Å². The normalized spacial score (nSPS) is 12.1. The molecule has 0 aromatic heterocycles. The molecule has 1 aromatic carbocycles. The van der Waals surface area contributed by atoms with Crippen molar-refractivity contribution in [2.75, 3.05) is 32.7 Å². The maximum Gasteiger partial charge on any atom is 0.243 e. The Morgan fingerprint density at radius 1 is 0.738 bits per heavy atom. The first kappa shape index (κ1) is 36.3. The van der Waals surface area contributed by atoms with Crippen LogP contribution in [0.25, 0.3) is 0 Å². The molecule has 12 N–H and O–H groups in total. The van der Waals surface area contributed by atoms with Crippen LogP contribution in [-0.2, 0) is 25.6 Å². The van der Waals surface area contributed by atoms with Gasteiger partial charge < -0.3 is 44.2 Å². The van der Waals surface area contributed by atoms with Crippen molar-refractivity contribution in [3.63, 3.8) is 0 Å². The number of guanidine groups is 1. The molecular formula is C29H51N9O4. The maximum atomic E-state index is 12.5.